The van der Waals surface area contributed by atoms with E-state index in [4.69, 9.17) is 16.7 Å². The Hall–Kier alpha value is -1.06. The maximum Gasteiger partial charge on any atom is 0.309 e. The first-order valence-electron chi connectivity index (χ1n) is 4.57. The SMILES string of the molecule is CC(C(=O)O)C(C)(O)c1ccc(Cl)cc1. The molecule has 0 bridgehead atoms. The molecule has 1 rings (SSSR count). The van der Waals surface area contributed by atoms with Crippen LogP contribution in [0.2, 0.25) is 5.02 Å². The van der Waals surface area contributed by atoms with E-state index in [1.165, 1.54) is 13.8 Å². The van der Waals surface area contributed by atoms with Gasteiger partial charge in [-0.1, -0.05) is 23.7 Å². The molecule has 1 aromatic carbocycles. The van der Waals surface area contributed by atoms with Crippen LogP contribution in [0.3, 0.4) is 0 Å². The van der Waals surface area contributed by atoms with E-state index in [0.717, 1.165) is 0 Å². The van der Waals surface area contributed by atoms with Crippen molar-refractivity contribution in [1.29, 1.82) is 0 Å². The molecule has 82 valence electrons. The van der Waals surface area contributed by atoms with E-state index in [2.05, 4.69) is 0 Å². The first kappa shape index (κ1) is 12.0. The Morgan fingerprint density at radius 3 is 2.27 bits per heavy atom. The molecule has 2 atom stereocenters. The van der Waals surface area contributed by atoms with Gasteiger partial charge in [0.25, 0.3) is 0 Å². The highest BCUT2D eigenvalue weighted by Crippen LogP contribution is 2.30. The van der Waals surface area contributed by atoms with Crippen molar-refractivity contribution in [2.75, 3.05) is 0 Å². The number of halogens is 1. The van der Waals surface area contributed by atoms with Crippen LogP contribution in [0.1, 0.15) is 19.4 Å². The van der Waals surface area contributed by atoms with Crippen molar-refractivity contribution in [3.8, 4) is 0 Å². The van der Waals surface area contributed by atoms with E-state index in [9.17, 15) is 9.90 Å². The van der Waals surface area contributed by atoms with Gasteiger partial charge in [-0.15, -0.1) is 0 Å². The molecule has 0 saturated heterocycles. The van der Waals surface area contributed by atoms with Gasteiger partial charge in [0.2, 0.25) is 0 Å². The first-order valence-corrected chi connectivity index (χ1v) is 4.94. The third-order valence-corrected chi connectivity index (χ3v) is 2.89. The van der Waals surface area contributed by atoms with Crippen molar-refractivity contribution in [2.24, 2.45) is 5.92 Å². The number of carboxylic acid groups (broad SMARTS) is 1. The van der Waals surface area contributed by atoms with Gasteiger partial charge in [0.05, 0.1) is 11.5 Å². The smallest absolute Gasteiger partial charge is 0.309 e. The van der Waals surface area contributed by atoms with Gasteiger partial charge in [0.1, 0.15) is 0 Å². The van der Waals surface area contributed by atoms with E-state index in [1.807, 2.05) is 0 Å². The summed E-state index contributed by atoms with van der Waals surface area (Å²) in [6.45, 7) is 2.95. The molecule has 3 nitrogen and oxygen atoms in total. The van der Waals surface area contributed by atoms with Crippen LogP contribution in [0.15, 0.2) is 24.3 Å². The molecular weight excluding hydrogens is 216 g/mol. The largest absolute Gasteiger partial charge is 0.481 e. The summed E-state index contributed by atoms with van der Waals surface area (Å²) in [5.74, 6) is -1.91. The monoisotopic (exact) mass is 228 g/mol. The Morgan fingerprint density at radius 2 is 1.87 bits per heavy atom. The second kappa shape index (κ2) is 4.21. The van der Waals surface area contributed by atoms with Gasteiger partial charge in [-0.3, -0.25) is 4.79 Å². The summed E-state index contributed by atoms with van der Waals surface area (Å²) in [4.78, 5) is 10.8. The zero-order valence-corrected chi connectivity index (χ0v) is 9.32. The maximum atomic E-state index is 10.8. The van der Waals surface area contributed by atoms with Gasteiger partial charge in [-0.2, -0.15) is 0 Å². The normalized spacial score (nSPS) is 16.8. The van der Waals surface area contributed by atoms with Crippen LogP contribution in [0.5, 0.6) is 0 Å². The number of carboxylic acids is 1. The lowest BCUT2D eigenvalue weighted by Crippen LogP contribution is -2.35. The van der Waals surface area contributed by atoms with Crippen LogP contribution in [0.4, 0.5) is 0 Å². The fourth-order valence-corrected chi connectivity index (χ4v) is 1.40. The Labute approximate surface area is 93.3 Å². The highest BCUT2D eigenvalue weighted by Gasteiger charge is 2.35. The molecule has 0 radical (unpaired) electrons. The lowest BCUT2D eigenvalue weighted by molar-refractivity contribution is -0.150. The standard InChI is InChI=1S/C11H13ClO3/c1-7(10(13)14)11(2,15)8-3-5-9(12)6-4-8/h3-7,15H,1-2H3,(H,13,14). The number of aliphatic carboxylic acids is 1. The minimum absolute atomic E-state index is 0.543. The highest BCUT2D eigenvalue weighted by molar-refractivity contribution is 6.30. The summed E-state index contributed by atoms with van der Waals surface area (Å²) in [6.07, 6.45) is 0. The summed E-state index contributed by atoms with van der Waals surface area (Å²) in [7, 11) is 0. The van der Waals surface area contributed by atoms with Crippen molar-refractivity contribution in [3.05, 3.63) is 34.9 Å². The molecule has 1 aromatic rings. The Morgan fingerprint density at radius 1 is 1.40 bits per heavy atom. The van der Waals surface area contributed by atoms with Gasteiger partial charge in [0.15, 0.2) is 0 Å². The molecule has 4 heteroatoms. The molecular formula is C11H13ClO3. The van der Waals surface area contributed by atoms with Crippen LogP contribution in [-0.2, 0) is 10.4 Å². The average molecular weight is 229 g/mol. The van der Waals surface area contributed by atoms with Crippen LogP contribution >= 0.6 is 11.6 Å². The summed E-state index contributed by atoms with van der Waals surface area (Å²) in [5.41, 5.74) is -0.849. The van der Waals surface area contributed by atoms with E-state index in [0.29, 0.717) is 10.6 Å². The van der Waals surface area contributed by atoms with Crippen molar-refractivity contribution in [3.63, 3.8) is 0 Å². The van der Waals surface area contributed by atoms with Gasteiger partial charge < -0.3 is 10.2 Å². The maximum absolute atomic E-state index is 10.8. The van der Waals surface area contributed by atoms with Crippen LogP contribution < -0.4 is 0 Å². The first-order chi connectivity index (χ1) is 6.85. The molecule has 15 heavy (non-hydrogen) atoms. The average Bonchev–Trinajstić information content (AvgIpc) is 2.17. The van der Waals surface area contributed by atoms with Crippen LogP contribution in [0.25, 0.3) is 0 Å². The van der Waals surface area contributed by atoms with Crippen molar-refractivity contribution in [2.45, 2.75) is 19.4 Å². The molecule has 0 aliphatic rings. The van der Waals surface area contributed by atoms with E-state index >= 15 is 0 Å². The molecule has 0 aromatic heterocycles. The van der Waals surface area contributed by atoms with E-state index in [1.54, 1.807) is 24.3 Å². The van der Waals surface area contributed by atoms with Crippen molar-refractivity contribution < 1.29 is 15.0 Å². The molecule has 0 heterocycles. The minimum atomic E-state index is -1.39. The fourth-order valence-electron chi connectivity index (χ4n) is 1.28. The Bertz CT molecular complexity index is 357. The number of hydrogen-bond donors (Lipinski definition) is 2. The van der Waals surface area contributed by atoms with Crippen molar-refractivity contribution in [1.82, 2.24) is 0 Å². The summed E-state index contributed by atoms with van der Waals surface area (Å²) in [6, 6.07) is 6.50. The van der Waals surface area contributed by atoms with E-state index in [-0.39, 0.29) is 0 Å². The zero-order valence-electron chi connectivity index (χ0n) is 8.57. The number of rotatable bonds is 3. The molecule has 0 amide bonds. The van der Waals surface area contributed by atoms with Crippen molar-refractivity contribution >= 4 is 17.6 Å². The number of aliphatic hydroxyl groups is 1. The Balaban J connectivity index is 3.05. The topological polar surface area (TPSA) is 57.5 Å². The van der Waals surface area contributed by atoms with Crippen LogP contribution in [0, 0.1) is 5.92 Å². The quantitative estimate of drug-likeness (QED) is 0.835. The predicted octanol–water partition coefficient (Wildman–Crippen LogP) is 2.27. The summed E-state index contributed by atoms with van der Waals surface area (Å²) in [5, 5.41) is 19.5. The second-order valence-corrected chi connectivity index (χ2v) is 4.15. The predicted molar refractivity (Wildman–Crippen MR) is 57.8 cm³/mol. The molecule has 2 N–H and O–H groups in total. The fraction of sp³-hybridized carbons (Fsp3) is 0.364. The van der Waals surface area contributed by atoms with Gasteiger partial charge in [0, 0.05) is 5.02 Å². The molecule has 0 fully saturated rings. The molecule has 0 aliphatic carbocycles. The summed E-state index contributed by atoms with van der Waals surface area (Å²) < 4.78 is 0. The van der Waals surface area contributed by atoms with Gasteiger partial charge in [-0.05, 0) is 31.5 Å². The second-order valence-electron chi connectivity index (χ2n) is 3.71. The van der Waals surface area contributed by atoms with E-state index < -0.39 is 17.5 Å². The van der Waals surface area contributed by atoms with Gasteiger partial charge in [-0.25, -0.2) is 0 Å². The van der Waals surface area contributed by atoms with Gasteiger partial charge >= 0.3 is 5.97 Å². The van der Waals surface area contributed by atoms with Crippen LogP contribution in [-0.4, -0.2) is 16.2 Å². The number of benzene rings is 1. The molecule has 2 unspecified atom stereocenters. The molecule has 0 aliphatic heterocycles. The molecule has 0 saturated carbocycles. The summed E-state index contributed by atoms with van der Waals surface area (Å²) >= 11 is 5.71. The zero-order chi connectivity index (χ0) is 11.6. The Kier molecular flexibility index (Phi) is 3.37. The minimum Gasteiger partial charge on any atom is -0.481 e. The molecule has 0 spiro atoms. The lowest BCUT2D eigenvalue weighted by Gasteiger charge is -2.27. The third kappa shape index (κ3) is 2.49. The lowest BCUT2D eigenvalue weighted by atomic mass is 9.84. The number of hydrogen-bond acceptors (Lipinski definition) is 2. The number of carbonyl (C=O) groups is 1. The third-order valence-electron chi connectivity index (χ3n) is 2.64. The highest BCUT2D eigenvalue weighted by atomic mass is 35.5.